The molecule has 0 unspecified atom stereocenters. The van der Waals surface area contributed by atoms with Gasteiger partial charge in [-0.05, 0) is 24.5 Å². The number of hydrogen-bond acceptors (Lipinski definition) is 5. The van der Waals surface area contributed by atoms with Gasteiger partial charge >= 0.3 is 5.97 Å². The van der Waals surface area contributed by atoms with E-state index in [0.717, 1.165) is 4.34 Å². The predicted molar refractivity (Wildman–Crippen MR) is 82.6 cm³/mol. The maximum atomic E-state index is 13.6. The third-order valence-electron chi connectivity index (χ3n) is 3.05. The van der Waals surface area contributed by atoms with E-state index in [1.165, 1.54) is 35.2 Å². The van der Waals surface area contributed by atoms with Crippen molar-refractivity contribution in [2.75, 3.05) is 6.26 Å². The maximum absolute atomic E-state index is 13.6. The minimum Gasteiger partial charge on any atom is -0.416 e. The van der Waals surface area contributed by atoms with E-state index < -0.39 is 35.0 Å². The molecular formula is C15H7F4NO2S2. The zero-order chi connectivity index (χ0) is 17.4. The van der Waals surface area contributed by atoms with Crippen molar-refractivity contribution >= 4 is 39.3 Å². The lowest BCUT2D eigenvalue weighted by Gasteiger charge is -2.07. The summed E-state index contributed by atoms with van der Waals surface area (Å²) in [6, 6.07) is 4.36. The van der Waals surface area contributed by atoms with Crippen molar-refractivity contribution in [1.29, 1.82) is 0 Å². The fraction of sp³-hybridized carbons (Fsp3) is 0.0667. The number of thiazole rings is 1. The Morgan fingerprint density at radius 3 is 2.42 bits per heavy atom. The van der Waals surface area contributed by atoms with Gasteiger partial charge in [0.05, 0.1) is 15.8 Å². The highest BCUT2D eigenvalue weighted by Crippen LogP contribution is 2.30. The number of esters is 1. The first-order valence-corrected chi connectivity index (χ1v) is 8.44. The third kappa shape index (κ3) is 2.96. The molecule has 0 fully saturated rings. The standard InChI is InChI=1S/C15H7F4NO2S2/c1-23-15-20-9-3-2-6(4-10(9)24-15)14(21)22-13-11(18)7(16)5-8(17)12(13)19/h2-5H,1H3. The molecule has 2 aromatic carbocycles. The van der Waals surface area contributed by atoms with E-state index in [1.807, 2.05) is 6.26 Å². The summed E-state index contributed by atoms with van der Waals surface area (Å²) in [7, 11) is 0. The molecule has 0 aliphatic carbocycles. The summed E-state index contributed by atoms with van der Waals surface area (Å²) in [5, 5.41) is 0. The molecule has 0 saturated carbocycles. The summed E-state index contributed by atoms with van der Waals surface area (Å²) in [5.74, 6) is -9.40. The minimum atomic E-state index is -1.77. The van der Waals surface area contributed by atoms with Crippen molar-refractivity contribution in [3.8, 4) is 5.75 Å². The molecule has 0 N–H and O–H groups in total. The monoisotopic (exact) mass is 373 g/mol. The Bertz CT molecular complexity index is 932. The Labute approximate surface area is 141 Å². The smallest absolute Gasteiger partial charge is 0.343 e. The first-order valence-electron chi connectivity index (χ1n) is 6.40. The second kappa shape index (κ2) is 6.40. The molecule has 0 aliphatic heterocycles. The van der Waals surface area contributed by atoms with Crippen molar-refractivity contribution in [2.45, 2.75) is 4.34 Å². The molecule has 0 amide bonds. The number of fused-ring (bicyclic) bond motifs is 1. The highest BCUT2D eigenvalue weighted by molar-refractivity contribution is 8.00. The predicted octanol–water partition coefficient (Wildman–Crippen LogP) is 4.79. The molecule has 0 atom stereocenters. The molecule has 0 bridgehead atoms. The largest absolute Gasteiger partial charge is 0.416 e. The average molecular weight is 373 g/mol. The molecule has 24 heavy (non-hydrogen) atoms. The van der Waals surface area contributed by atoms with Crippen LogP contribution in [0, 0.1) is 23.3 Å². The molecule has 1 heterocycles. The van der Waals surface area contributed by atoms with Gasteiger partial charge < -0.3 is 4.74 Å². The van der Waals surface area contributed by atoms with Crippen LogP contribution in [0.2, 0.25) is 0 Å². The van der Waals surface area contributed by atoms with Gasteiger partial charge in [-0.1, -0.05) is 11.8 Å². The van der Waals surface area contributed by atoms with Crippen molar-refractivity contribution in [1.82, 2.24) is 4.98 Å². The molecule has 9 heteroatoms. The van der Waals surface area contributed by atoms with Crippen LogP contribution in [0.5, 0.6) is 5.75 Å². The summed E-state index contributed by atoms with van der Waals surface area (Å²) in [4.78, 5) is 16.3. The zero-order valence-electron chi connectivity index (χ0n) is 11.9. The number of carbonyl (C=O) groups is 1. The Morgan fingerprint density at radius 2 is 1.79 bits per heavy atom. The summed E-state index contributed by atoms with van der Waals surface area (Å²) in [6.07, 6.45) is 1.84. The van der Waals surface area contributed by atoms with E-state index in [-0.39, 0.29) is 11.6 Å². The molecule has 0 aliphatic rings. The van der Waals surface area contributed by atoms with E-state index in [9.17, 15) is 22.4 Å². The topological polar surface area (TPSA) is 39.2 Å². The average Bonchev–Trinajstić information content (AvgIpc) is 2.99. The molecular weight excluding hydrogens is 366 g/mol. The molecule has 1 aromatic heterocycles. The molecule has 3 nitrogen and oxygen atoms in total. The normalized spacial score (nSPS) is 11.0. The van der Waals surface area contributed by atoms with Crippen LogP contribution in [-0.4, -0.2) is 17.2 Å². The number of hydrogen-bond donors (Lipinski definition) is 0. The van der Waals surface area contributed by atoms with Crippen LogP contribution in [0.1, 0.15) is 10.4 Å². The maximum Gasteiger partial charge on any atom is 0.343 e. The lowest BCUT2D eigenvalue weighted by Crippen LogP contribution is -2.12. The summed E-state index contributed by atoms with van der Waals surface area (Å²) < 4.78 is 59.3. The van der Waals surface area contributed by atoms with Crippen molar-refractivity contribution in [3.05, 3.63) is 53.1 Å². The molecule has 0 saturated heterocycles. The van der Waals surface area contributed by atoms with Gasteiger partial charge in [-0.2, -0.15) is 8.78 Å². The Kier molecular flexibility index (Phi) is 4.46. The van der Waals surface area contributed by atoms with Gasteiger partial charge in [0.15, 0.2) is 16.0 Å². The van der Waals surface area contributed by atoms with Gasteiger partial charge in [0, 0.05) is 6.07 Å². The van der Waals surface area contributed by atoms with Crippen LogP contribution in [-0.2, 0) is 0 Å². The fourth-order valence-corrected chi connectivity index (χ4v) is 3.44. The van der Waals surface area contributed by atoms with Crippen LogP contribution in [0.3, 0.4) is 0 Å². The Balaban J connectivity index is 1.96. The van der Waals surface area contributed by atoms with E-state index in [0.29, 0.717) is 10.2 Å². The third-order valence-corrected chi connectivity index (χ3v) is 5.05. The van der Waals surface area contributed by atoms with Gasteiger partial charge in [-0.15, -0.1) is 11.3 Å². The Morgan fingerprint density at radius 1 is 1.12 bits per heavy atom. The van der Waals surface area contributed by atoms with E-state index >= 15 is 0 Å². The second-order valence-corrected chi connectivity index (χ2v) is 6.64. The molecule has 0 spiro atoms. The first-order chi connectivity index (χ1) is 11.4. The van der Waals surface area contributed by atoms with Crippen molar-refractivity contribution < 1.29 is 27.1 Å². The van der Waals surface area contributed by atoms with Gasteiger partial charge in [-0.3, -0.25) is 0 Å². The molecule has 3 rings (SSSR count). The number of rotatable bonds is 3. The van der Waals surface area contributed by atoms with Crippen LogP contribution >= 0.6 is 23.1 Å². The molecule has 3 aromatic rings. The highest BCUT2D eigenvalue weighted by atomic mass is 32.2. The van der Waals surface area contributed by atoms with Crippen LogP contribution in [0.4, 0.5) is 17.6 Å². The highest BCUT2D eigenvalue weighted by Gasteiger charge is 2.23. The summed E-state index contributed by atoms with van der Waals surface area (Å²) in [5.41, 5.74) is 0.623. The summed E-state index contributed by atoms with van der Waals surface area (Å²) >= 11 is 2.75. The van der Waals surface area contributed by atoms with Gasteiger partial charge in [0.2, 0.25) is 17.4 Å². The first kappa shape index (κ1) is 16.7. The lowest BCUT2D eigenvalue weighted by molar-refractivity contribution is 0.0717. The number of benzene rings is 2. The zero-order valence-corrected chi connectivity index (χ0v) is 13.5. The van der Waals surface area contributed by atoms with Gasteiger partial charge in [0.1, 0.15) is 0 Å². The van der Waals surface area contributed by atoms with Crippen molar-refractivity contribution in [3.63, 3.8) is 0 Å². The molecule has 124 valence electrons. The van der Waals surface area contributed by atoms with Gasteiger partial charge in [0.25, 0.3) is 0 Å². The van der Waals surface area contributed by atoms with Crippen molar-refractivity contribution in [2.24, 2.45) is 0 Å². The lowest BCUT2D eigenvalue weighted by atomic mass is 10.2. The van der Waals surface area contributed by atoms with Crippen LogP contribution in [0.15, 0.2) is 28.6 Å². The van der Waals surface area contributed by atoms with E-state index in [2.05, 4.69) is 9.72 Å². The SMILES string of the molecule is CSc1nc2ccc(C(=O)Oc3c(F)c(F)cc(F)c3F)cc2s1. The minimum absolute atomic E-state index is 0.0257. The quantitative estimate of drug-likeness (QED) is 0.217. The summed E-state index contributed by atoms with van der Waals surface area (Å²) in [6.45, 7) is 0. The number of carbonyl (C=O) groups excluding carboxylic acids is 1. The number of nitrogens with zero attached hydrogens (tertiary/aromatic N) is 1. The number of thioether (sulfide) groups is 1. The number of ether oxygens (including phenoxy) is 1. The van der Waals surface area contributed by atoms with Gasteiger partial charge in [-0.25, -0.2) is 18.6 Å². The van der Waals surface area contributed by atoms with Crippen LogP contribution < -0.4 is 4.74 Å². The van der Waals surface area contributed by atoms with E-state index in [1.54, 1.807) is 6.07 Å². The number of halogens is 4. The van der Waals surface area contributed by atoms with E-state index in [4.69, 9.17) is 0 Å². The van der Waals surface area contributed by atoms with Crippen LogP contribution in [0.25, 0.3) is 10.2 Å². The fourth-order valence-electron chi connectivity index (χ4n) is 1.91. The molecule has 0 radical (unpaired) electrons. The number of aromatic nitrogens is 1. The Hall–Kier alpha value is -2.13. The second-order valence-electron chi connectivity index (χ2n) is 4.55.